The first-order chi connectivity index (χ1) is 8.81. The van der Waals surface area contributed by atoms with Crippen molar-refractivity contribution in [2.45, 2.75) is 31.2 Å². The Morgan fingerprint density at radius 2 is 2.16 bits per heavy atom. The Kier molecular flexibility index (Phi) is 6.02. The molecule has 0 aromatic heterocycles. The van der Waals surface area contributed by atoms with Crippen LogP contribution in [0.25, 0.3) is 0 Å². The van der Waals surface area contributed by atoms with E-state index in [2.05, 4.69) is 5.32 Å². The van der Waals surface area contributed by atoms with Crippen LogP contribution in [0.15, 0.2) is 0 Å². The van der Waals surface area contributed by atoms with Crippen molar-refractivity contribution in [2.75, 3.05) is 33.2 Å². The number of nitrogens with two attached hydrogens (primary N) is 1. The van der Waals surface area contributed by atoms with E-state index in [-0.39, 0.29) is 25.1 Å². The third-order valence-corrected chi connectivity index (χ3v) is 2.90. The summed E-state index contributed by atoms with van der Waals surface area (Å²) in [6.07, 6.45) is -3.50. The third-order valence-electron chi connectivity index (χ3n) is 2.90. The van der Waals surface area contributed by atoms with Gasteiger partial charge in [0.2, 0.25) is 5.91 Å². The van der Waals surface area contributed by atoms with E-state index in [0.29, 0.717) is 13.0 Å². The van der Waals surface area contributed by atoms with Gasteiger partial charge in [-0.05, 0) is 19.9 Å². The lowest BCUT2D eigenvalue weighted by Gasteiger charge is -2.19. The van der Waals surface area contributed by atoms with Gasteiger partial charge in [-0.3, -0.25) is 9.69 Å². The molecule has 1 heterocycles. The zero-order valence-corrected chi connectivity index (χ0v) is 10.9. The molecule has 112 valence electrons. The number of carbonyl (C=O) groups excluding carboxylic acids is 1. The Hall–Kier alpha value is -0.860. The molecule has 1 amide bonds. The molecule has 0 radical (unpaired) electrons. The van der Waals surface area contributed by atoms with E-state index in [9.17, 15) is 18.0 Å². The van der Waals surface area contributed by atoms with Gasteiger partial charge in [-0.2, -0.15) is 13.2 Å². The molecule has 0 aromatic carbocycles. The highest BCUT2D eigenvalue weighted by Crippen LogP contribution is 2.18. The van der Waals surface area contributed by atoms with Crippen molar-refractivity contribution in [1.29, 1.82) is 0 Å². The van der Waals surface area contributed by atoms with Gasteiger partial charge in [0.1, 0.15) is 6.10 Å². The van der Waals surface area contributed by atoms with E-state index in [4.69, 9.17) is 10.5 Å². The molecule has 2 atom stereocenters. The molecule has 0 bridgehead atoms. The highest BCUT2D eigenvalue weighted by atomic mass is 19.4. The van der Waals surface area contributed by atoms with E-state index in [1.54, 1.807) is 0 Å². The lowest BCUT2D eigenvalue weighted by molar-refractivity contribution is -0.143. The summed E-state index contributed by atoms with van der Waals surface area (Å²) in [5, 5.41) is 2.57. The van der Waals surface area contributed by atoms with Crippen LogP contribution in [0.1, 0.15) is 12.8 Å². The summed E-state index contributed by atoms with van der Waals surface area (Å²) in [7, 11) is 1.36. The predicted octanol–water partition coefficient (Wildman–Crippen LogP) is 0.103. The number of hydrogen-bond donors (Lipinski definition) is 2. The molecule has 1 rings (SSSR count). The maximum atomic E-state index is 12.1. The van der Waals surface area contributed by atoms with E-state index >= 15 is 0 Å². The van der Waals surface area contributed by atoms with Gasteiger partial charge in [0, 0.05) is 19.6 Å². The zero-order chi connectivity index (χ0) is 14.5. The first kappa shape index (κ1) is 16.2. The Morgan fingerprint density at radius 3 is 2.68 bits per heavy atom. The number of rotatable bonds is 6. The molecule has 1 fully saturated rings. The van der Waals surface area contributed by atoms with Crippen LogP contribution in [0.4, 0.5) is 13.2 Å². The van der Waals surface area contributed by atoms with Crippen molar-refractivity contribution < 1.29 is 22.7 Å². The normalized spacial score (nSPS) is 23.9. The van der Waals surface area contributed by atoms with Crippen molar-refractivity contribution in [3.8, 4) is 0 Å². The standard InChI is InChI=1S/C11H20F3N3O2/c1-17(7-11(12,13)14)5-4-16-10(18)9-3-2-8(6-15)19-9/h8-9H,2-7,15H2,1H3,(H,16,18)/t8-,9+/m1/s1. The second kappa shape index (κ2) is 7.06. The Balaban J connectivity index is 2.17. The number of ether oxygens (including phenoxy) is 1. The maximum absolute atomic E-state index is 12.1. The fourth-order valence-corrected chi connectivity index (χ4v) is 1.94. The quantitative estimate of drug-likeness (QED) is 0.726. The molecular weight excluding hydrogens is 263 g/mol. The molecule has 5 nitrogen and oxygen atoms in total. The monoisotopic (exact) mass is 283 g/mol. The third kappa shape index (κ3) is 6.22. The molecular formula is C11H20F3N3O2. The number of halogens is 3. The largest absolute Gasteiger partial charge is 0.401 e. The van der Waals surface area contributed by atoms with Crippen LogP contribution < -0.4 is 11.1 Å². The molecule has 8 heteroatoms. The molecule has 1 aliphatic heterocycles. The average Bonchev–Trinajstić information content (AvgIpc) is 2.74. The molecule has 1 aliphatic rings. The summed E-state index contributed by atoms with van der Waals surface area (Å²) in [5.41, 5.74) is 5.42. The zero-order valence-electron chi connectivity index (χ0n) is 10.9. The van der Waals surface area contributed by atoms with E-state index < -0.39 is 18.8 Å². The summed E-state index contributed by atoms with van der Waals surface area (Å²) >= 11 is 0. The molecule has 1 saturated heterocycles. The summed E-state index contributed by atoms with van der Waals surface area (Å²) in [6, 6.07) is 0. The van der Waals surface area contributed by atoms with Crippen molar-refractivity contribution in [1.82, 2.24) is 10.2 Å². The van der Waals surface area contributed by atoms with Crippen molar-refractivity contribution in [2.24, 2.45) is 5.73 Å². The lowest BCUT2D eigenvalue weighted by atomic mass is 10.2. The Bertz CT molecular complexity index is 299. The fourth-order valence-electron chi connectivity index (χ4n) is 1.94. The number of likely N-dealkylation sites (N-methyl/N-ethyl adjacent to an activating group) is 1. The molecule has 19 heavy (non-hydrogen) atoms. The Labute approximate surface area is 110 Å². The molecule has 0 unspecified atom stereocenters. The first-order valence-corrected chi connectivity index (χ1v) is 6.20. The fraction of sp³-hybridized carbons (Fsp3) is 0.909. The van der Waals surface area contributed by atoms with Gasteiger partial charge in [-0.25, -0.2) is 0 Å². The summed E-state index contributed by atoms with van der Waals surface area (Å²) in [6.45, 7) is -0.313. The summed E-state index contributed by atoms with van der Waals surface area (Å²) in [4.78, 5) is 12.8. The molecule has 0 aliphatic carbocycles. The number of amides is 1. The van der Waals surface area contributed by atoms with Crippen LogP contribution in [0.5, 0.6) is 0 Å². The van der Waals surface area contributed by atoms with Gasteiger partial charge >= 0.3 is 6.18 Å². The average molecular weight is 283 g/mol. The number of nitrogens with one attached hydrogen (secondary N) is 1. The second-order valence-electron chi connectivity index (χ2n) is 4.70. The van der Waals surface area contributed by atoms with Gasteiger partial charge in [-0.1, -0.05) is 0 Å². The number of carbonyl (C=O) groups is 1. The van der Waals surface area contributed by atoms with E-state index in [1.807, 2.05) is 0 Å². The number of hydrogen-bond acceptors (Lipinski definition) is 4. The SMILES string of the molecule is CN(CCNC(=O)[C@@H]1CC[C@H](CN)O1)CC(F)(F)F. The first-order valence-electron chi connectivity index (χ1n) is 6.20. The van der Waals surface area contributed by atoms with Crippen molar-refractivity contribution >= 4 is 5.91 Å². The second-order valence-corrected chi connectivity index (χ2v) is 4.70. The number of nitrogens with zero attached hydrogens (tertiary/aromatic N) is 1. The summed E-state index contributed by atoms with van der Waals surface area (Å²) in [5.74, 6) is -0.281. The molecule has 0 saturated carbocycles. The van der Waals surface area contributed by atoms with E-state index in [0.717, 1.165) is 11.3 Å². The molecule has 3 N–H and O–H groups in total. The van der Waals surface area contributed by atoms with Crippen LogP contribution in [0, 0.1) is 0 Å². The number of alkyl halides is 3. The van der Waals surface area contributed by atoms with Crippen molar-refractivity contribution in [3.05, 3.63) is 0 Å². The minimum atomic E-state index is -4.22. The van der Waals surface area contributed by atoms with Gasteiger partial charge in [0.15, 0.2) is 0 Å². The Morgan fingerprint density at radius 1 is 1.47 bits per heavy atom. The van der Waals surface area contributed by atoms with Crippen LogP contribution in [-0.2, 0) is 9.53 Å². The highest BCUT2D eigenvalue weighted by molar-refractivity contribution is 5.81. The molecule has 0 aromatic rings. The topological polar surface area (TPSA) is 67.6 Å². The maximum Gasteiger partial charge on any atom is 0.401 e. The van der Waals surface area contributed by atoms with Gasteiger partial charge < -0.3 is 15.8 Å². The van der Waals surface area contributed by atoms with Crippen LogP contribution >= 0.6 is 0 Å². The van der Waals surface area contributed by atoms with Crippen molar-refractivity contribution in [3.63, 3.8) is 0 Å². The highest BCUT2D eigenvalue weighted by Gasteiger charge is 2.30. The molecule has 0 spiro atoms. The van der Waals surface area contributed by atoms with Gasteiger partial charge in [0.05, 0.1) is 12.6 Å². The van der Waals surface area contributed by atoms with Crippen LogP contribution in [-0.4, -0.2) is 62.4 Å². The minimum absolute atomic E-state index is 0.0938. The van der Waals surface area contributed by atoms with Gasteiger partial charge in [0.25, 0.3) is 0 Å². The van der Waals surface area contributed by atoms with E-state index in [1.165, 1.54) is 7.05 Å². The smallest absolute Gasteiger partial charge is 0.364 e. The van der Waals surface area contributed by atoms with Crippen LogP contribution in [0.2, 0.25) is 0 Å². The van der Waals surface area contributed by atoms with Gasteiger partial charge in [-0.15, -0.1) is 0 Å². The van der Waals surface area contributed by atoms with Crippen LogP contribution in [0.3, 0.4) is 0 Å². The minimum Gasteiger partial charge on any atom is -0.364 e. The predicted molar refractivity (Wildman–Crippen MR) is 63.5 cm³/mol. The lowest BCUT2D eigenvalue weighted by Crippen LogP contribution is -2.41. The summed E-state index contributed by atoms with van der Waals surface area (Å²) < 4.78 is 41.6.